The fourth-order valence-electron chi connectivity index (χ4n) is 4.15. The van der Waals surface area contributed by atoms with Crippen LogP contribution in [0.2, 0.25) is 5.02 Å². The fraction of sp³-hybridized carbons (Fsp3) is 0.280. The summed E-state index contributed by atoms with van der Waals surface area (Å²) in [6, 6.07) is 7.82. The Hall–Kier alpha value is -3.52. The lowest BCUT2D eigenvalue weighted by Crippen LogP contribution is -2.24. The van der Waals surface area contributed by atoms with Crippen LogP contribution in [0, 0.1) is 25.6 Å². The van der Waals surface area contributed by atoms with Gasteiger partial charge in [-0.05, 0) is 61.6 Å². The molecule has 4 rings (SSSR count). The van der Waals surface area contributed by atoms with Gasteiger partial charge in [0.2, 0.25) is 0 Å². The standard InChI is InChI=1S/C25H23ClFN3O4/c1-12-11-28-19(14-6-5-7-15(22(14)27)23(31)29(3)4)10-20(12)30-13(2)8-17(21(26)24(30)32)16-9-18(16)25(33)34/h5-8,10-11,16,18H,9H2,1-4H3,(H,33,34)/t16-,18+/m1/s1. The van der Waals surface area contributed by atoms with E-state index < -0.39 is 29.2 Å². The van der Waals surface area contributed by atoms with Crippen LogP contribution in [0.15, 0.2) is 41.3 Å². The Balaban J connectivity index is 1.83. The van der Waals surface area contributed by atoms with Gasteiger partial charge in [0.25, 0.3) is 11.5 Å². The number of halogens is 2. The molecule has 1 saturated carbocycles. The number of carbonyl (C=O) groups excluding carboxylic acids is 1. The molecule has 1 aliphatic carbocycles. The predicted molar refractivity (Wildman–Crippen MR) is 126 cm³/mol. The van der Waals surface area contributed by atoms with Gasteiger partial charge in [0.1, 0.15) is 10.8 Å². The second kappa shape index (κ2) is 8.68. The lowest BCUT2D eigenvalue weighted by molar-refractivity contribution is -0.138. The molecule has 0 aliphatic heterocycles. The Morgan fingerprint density at radius 3 is 2.56 bits per heavy atom. The lowest BCUT2D eigenvalue weighted by atomic mass is 10.0. The summed E-state index contributed by atoms with van der Waals surface area (Å²) in [5.74, 6) is -2.91. The van der Waals surface area contributed by atoms with E-state index in [0.29, 0.717) is 28.9 Å². The summed E-state index contributed by atoms with van der Waals surface area (Å²) >= 11 is 6.40. The molecule has 0 spiro atoms. The van der Waals surface area contributed by atoms with E-state index in [9.17, 15) is 19.5 Å². The van der Waals surface area contributed by atoms with E-state index in [1.54, 1.807) is 46.1 Å². The zero-order valence-electron chi connectivity index (χ0n) is 19.1. The number of nitrogens with zero attached hydrogens (tertiary/aromatic N) is 3. The Morgan fingerprint density at radius 1 is 1.24 bits per heavy atom. The van der Waals surface area contributed by atoms with Gasteiger partial charge in [0.05, 0.1) is 22.9 Å². The number of carboxylic acid groups (broad SMARTS) is 1. The molecule has 176 valence electrons. The average Bonchev–Trinajstić information content (AvgIpc) is 3.58. The van der Waals surface area contributed by atoms with Crippen molar-refractivity contribution in [3.63, 3.8) is 0 Å². The van der Waals surface area contributed by atoms with Crippen LogP contribution in [-0.2, 0) is 4.79 Å². The minimum Gasteiger partial charge on any atom is -0.481 e. The van der Waals surface area contributed by atoms with Crippen LogP contribution in [0.25, 0.3) is 16.9 Å². The van der Waals surface area contributed by atoms with Crippen molar-refractivity contribution in [2.24, 2.45) is 5.92 Å². The van der Waals surface area contributed by atoms with Gasteiger partial charge in [-0.25, -0.2) is 4.39 Å². The molecule has 0 radical (unpaired) electrons. The van der Waals surface area contributed by atoms with Crippen LogP contribution in [0.5, 0.6) is 0 Å². The number of carbonyl (C=O) groups is 2. The van der Waals surface area contributed by atoms with Crippen molar-refractivity contribution < 1.29 is 19.1 Å². The Bertz CT molecular complexity index is 1400. The molecule has 1 N–H and O–H groups in total. The third-order valence-electron chi connectivity index (χ3n) is 6.10. The number of aryl methyl sites for hydroxylation is 2. The van der Waals surface area contributed by atoms with Crippen molar-refractivity contribution in [3.8, 4) is 16.9 Å². The van der Waals surface area contributed by atoms with Crippen LogP contribution in [0.1, 0.15) is 39.5 Å². The minimum absolute atomic E-state index is 0.0260. The van der Waals surface area contributed by atoms with Crippen LogP contribution in [-0.4, -0.2) is 45.5 Å². The Morgan fingerprint density at radius 2 is 1.94 bits per heavy atom. The molecule has 1 aromatic carbocycles. The molecule has 0 saturated heterocycles. The average molecular weight is 484 g/mol. The van der Waals surface area contributed by atoms with Crippen molar-refractivity contribution in [1.82, 2.24) is 14.5 Å². The third-order valence-corrected chi connectivity index (χ3v) is 6.48. The summed E-state index contributed by atoms with van der Waals surface area (Å²) in [6.45, 7) is 3.50. The van der Waals surface area contributed by atoms with Gasteiger partial charge < -0.3 is 10.0 Å². The topological polar surface area (TPSA) is 92.5 Å². The molecule has 9 heteroatoms. The van der Waals surface area contributed by atoms with E-state index in [4.69, 9.17) is 11.6 Å². The maximum atomic E-state index is 15.3. The van der Waals surface area contributed by atoms with Gasteiger partial charge in [0.15, 0.2) is 0 Å². The number of amides is 1. The molecule has 7 nitrogen and oxygen atoms in total. The zero-order valence-corrected chi connectivity index (χ0v) is 19.9. The molecule has 1 aliphatic rings. The number of hydrogen-bond acceptors (Lipinski definition) is 4. The van der Waals surface area contributed by atoms with Crippen molar-refractivity contribution >= 4 is 23.5 Å². The fourth-order valence-corrected chi connectivity index (χ4v) is 4.43. The van der Waals surface area contributed by atoms with Crippen LogP contribution >= 0.6 is 11.6 Å². The van der Waals surface area contributed by atoms with Gasteiger partial charge in [-0.15, -0.1) is 0 Å². The number of pyridine rings is 2. The number of rotatable bonds is 5. The highest BCUT2D eigenvalue weighted by atomic mass is 35.5. The molecule has 2 aromatic heterocycles. The van der Waals surface area contributed by atoms with Crippen LogP contribution < -0.4 is 5.56 Å². The van der Waals surface area contributed by atoms with Gasteiger partial charge in [0, 0.05) is 31.5 Å². The number of hydrogen-bond donors (Lipinski definition) is 1. The molecular weight excluding hydrogens is 461 g/mol. The second-order valence-corrected chi connectivity index (χ2v) is 9.08. The molecule has 2 heterocycles. The van der Waals surface area contributed by atoms with E-state index in [0.717, 1.165) is 0 Å². The molecular formula is C25H23ClFN3O4. The SMILES string of the molecule is Cc1cnc(-c2cccc(C(=O)N(C)C)c2F)cc1-n1c(C)cc([C@H]2C[C@@H]2C(=O)O)c(Cl)c1=O. The smallest absolute Gasteiger partial charge is 0.307 e. The number of benzene rings is 1. The van der Waals surface area contributed by atoms with E-state index in [1.807, 2.05) is 0 Å². The first-order valence-electron chi connectivity index (χ1n) is 10.6. The molecule has 3 aromatic rings. The first kappa shape index (κ1) is 23.6. The van der Waals surface area contributed by atoms with Crippen molar-refractivity contribution in [2.45, 2.75) is 26.2 Å². The molecule has 0 bridgehead atoms. The molecule has 34 heavy (non-hydrogen) atoms. The van der Waals surface area contributed by atoms with Gasteiger partial charge in [-0.2, -0.15) is 0 Å². The molecule has 0 unspecified atom stereocenters. The lowest BCUT2D eigenvalue weighted by Gasteiger charge is -2.17. The highest BCUT2D eigenvalue weighted by Gasteiger charge is 2.45. The maximum Gasteiger partial charge on any atom is 0.307 e. The van der Waals surface area contributed by atoms with Crippen molar-refractivity contribution in [3.05, 3.63) is 80.1 Å². The van der Waals surface area contributed by atoms with E-state index in [-0.39, 0.29) is 27.8 Å². The predicted octanol–water partition coefficient (Wildman–Crippen LogP) is 4.20. The number of aromatic nitrogens is 2. The van der Waals surface area contributed by atoms with Crippen LogP contribution in [0.3, 0.4) is 0 Å². The first-order chi connectivity index (χ1) is 16.0. The monoisotopic (exact) mass is 483 g/mol. The summed E-state index contributed by atoms with van der Waals surface area (Å²) in [4.78, 5) is 42.5. The normalized spacial score (nSPS) is 16.9. The summed E-state index contributed by atoms with van der Waals surface area (Å²) < 4.78 is 16.7. The van der Waals surface area contributed by atoms with E-state index in [1.165, 1.54) is 27.8 Å². The second-order valence-electron chi connectivity index (χ2n) is 8.71. The summed E-state index contributed by atoms with van der Waals surface area (Å²) in [7, 11) is 3.08. The van der Waals surface area contributed by atoms with Gasteiger partial charge >= 0.3 is 5.97 Å². The van der Waals surface area contributed by atoms with Gasteiger partial charge in [-0.1, -0.05) is 17.7 Å². The van der Waals surface area contributed by atoms with E-state index >= 15 is 4.39 Å². The van der Waals surface area contributed by atoms with Gasteiger partial charge in [-0.3, -0.25) is 23.9 Å². The highest BCUT2D eigenvalue weighted by Crippen LogP contribution is 2.49. The largest absolute Gasteiger partial charge is 0.481 e. The van der Waals surface area contributed by atoms with Crippen LogP contribution in [0.4, 0.5) is 4.39 Å². The van der Waals surface area contributed by atoms with E-state index in [2.05, 4.69) is 4.98 Å². The van der Waals surface area contributed by atoms with Crippen molar-refractivity contribution in [2.75, 3.05) is 14.1 Å². The molecule has 1 amide bonds. The quantitative estimate of drug-likeness (QED) is 0.587. The number of carboxylic acids is 1. The molecule has 2 atom stereocenters. The summed E-state index contributed by atoms with van der Waals surface area (Å²) in [5, 5.41) is 9.21. The highest BCUT2D eigenvalue weighted by molar-refractivity contribution is 6.31. The zero-order chi connectivity index (χ0) is 24.9. The van der Waals surface area contributed by atoms with Crippen molar-refractivity contribution in [1.29, 1.82) is 0 Å². The Kier molecular flexibility index (Phi) is 6.03. The summed E-state index contributed by atoms with van der Waals surface area (Å²) in [5.41, 5.74) is 2.05. The first-order valence-corrected chi connectivity index (χ1v) is 11.0. The number of aliphatic carboxylic acids is 1. The molecule has 1 fully saturated rings. The maximum absolute atomic E-state index is 15.3. The summed E-state index contributed by atoms with van der Waals surface area (Å²) in [6.07, 6.45) is 1.97. The minimum atomic E-state index is -0.908. The third kappa shape index (κ3) is 3.98. The Labute approximate surface area is 200 Å².